The lowest BCUT2D eigenvalue weighted by Gasteiger charge is -2.41. The quantitative estimate of drug-likeness (QED) is 0.160. The van der Waals surface area contributed by atoms with Gasteiger partial charge in [0.15, 0.2) is 0 Å². The average molecular weight is 1060 g/mol. The van der Waals surface area contributed by atoms with E-state index in [1.165, 1.54) is 101 Å². The van der Waals surface area contributed by atoms with Crippen LogP contribution in [0.25, 0.3) is 57.8 Å². The third kappa shape index (κ3) is 7.89. The van der Waals surface area contributed by atoms with Gasteiger partial charge in [-0.15, -0.1) is 22.7 Å². The molecule has 0 N–H and O–H groups in total. The van der Waals surface area contributed by atoms with Crippen LogP contribution in [0.2, 0.25) is 0 Å². The van der Waals surface area contributed by atoms with Gasteiger partial charge in [0.1, 0.15) is 11.5 Å². The van der Waals surface area contributed by atoms with Crippen molar-refractivity contribution in [2.75, 3.05) is 9.80 Å². The van der Waals surface area contributed by atoms with Gasteiger partial charge in [-0.25, -0.2) is 0 Å². The lowest BCUT2D eigenvalue weighted by atomic mass is 9.36. The molecule has 2 aliphatic rings. The van der Waals surface area contributed by atoms with E-state index >= 15 is 0 Å². The van der Waals surface area contributed by atoms with Gasteiger partial charge in [0.25, 0.3) is 6.71 Å². The predicted molar refractivity (Wildman–Crippen MR) is 344 cm³/mol. The number of para-hydroxylation sites is 2. The Hall–Kier alpha value is -7.58. The van der Waals surface area contributed by atoms with Gasteiger partial charge in [0.05, 0.1) is 22.4 Å². The van der Waals surface area contributed by atoms with Crippen LogP contribution in [0.5, 0.6) is 11.5 Å². The molecule has 12 aromatic rings. The minimum Gasteiger partial charge on any atom is -0.457 e. The molecule has 0 fully saturated rings. The summed E-state index contributed by atoms with van der Waals surface area (Å²) in [5, 5.41) is 6.30. The van der Waals surface area contributed by atoms with E-state index in [2.05, 4.69) is 279 Å². The van der Waals surface area contributed by atoms with Crippen LogP contribution in [-0.2, 0) is 21.7 Å². The number of rotatable bonds is 5. The molecular weight excluding hydrogens is 998 g/mol. The van der Waals surface area contributed by atoms with Crippen molar-refractivity contribution in [1.82, 2.24) is 4.57 Å². The summed E-state index contributed by atoms with van der Waals surface area (Å²) in [7, 11) is 0. The van der Waals surface area contributed by atoms with Crippen LogP contribution in [0.3, 0.4) is 0 Å². The highest BCUT2D eigenvalue weighted by molar-refractivity contribution is 7.35. The van der Waals surface area contributed by atoms with Crippen LogP contribution in [-0.4, -0.2) is 11.3 Å². The third-order valence-corrected chi connectivity index (χ3v) is 19.2. The minimum atomic E-state index is -0.135. The van der Waals surface area contributed by atoms with E-state index in [9.17, 15) is 0 Å². The van der Waals surface area contributed by atoms with E-state index in [-0.39, 0.29) is 28.4 Å². The zero-order valence-corrected chi connectivity index (χ0v) is 49.1. The van der Waals surface area contributed by atoms with E-state index in [1.807, 2.05) is 22.7 Å². The molecule has 0 saturated heterocycles. The first-order valence-electron chi connectivity index (χ1n) is 28.0. The van der Waals surface area contributed by atoms with Crippen molar-refractivity contribution in [3.05, 3.63) is 204 Å². The van der Waals surface area contributed by atoms with Gasteiger partial charge < -0.3 is 19.1 Å². The van der Waals surface area contributed by atoms with Crippen molar-refractivity contribution in [3.8, 4) is 17.2 Å². The fourth-order valence-corrected chi connectivity index (χ4v) is 15.0. The molecule has 0 atom stereocenters. The number of nitrogens with zero attached hydrogens (tertiary/aromatic N) is 3. The molecule has 0 amide bonds. The summed E-state index contributed by atoms with van der Waals surface area (Å²) >= 11 is 3.85. The van der Waals surface area contributed by atoms with Crippen LogP contribution in [0.1, 0.15) is 105 Å². The van der Waals surface area contributed by atoms with E-state index in [0.29, 0.717) is 0 Å². The molecule has 390 valence electrons. The first-order chi connectivity index (χ1) is 37.7. The molecule has 14 rings (SSSR count). The summed E-state index contributed by atoms with van der Waals surface area (Å²) in [6, 6.07) is 69.0. The van der Waals surface area contributed by atoms with Gasteiger partial charge in [-0.2, -0.15) is 0 Å². The first kappa shape index (κ1) is 49.7. The highest BCUT2D eigenvalue weighted by atomic mass is 32.1. The predicted octanol–water partition coefficient (Wildman–Crippen LogP) is 19.4. The van der Waals surface area contributed by atoms with Crippen LogP contribution >= 0.6 is 22.7 Å². The number of thiophene rings is 2. The maximum atomic E-state index is 7.66. The Morgan fingerprint density at radius 1 is 0.418 bits per heavy atom. The first-order valence-corrected chi connectivity index (χ1v) is 29.7. The van der Waals surface area contributed by atoms with Crippen LogP contribution in [0.15, 0.2) is 182 Å². The number of anilines is 6. The molecule has 79 heavy (non-hydrogen) atoms. The normalized spacial score (nSPS) is 13.6. The summed E-state index contributed by atoms with van der Waals surface area (Å²) in [5.74, 6) is 1.85. The van der Waals surface area contributed by atoms with Crippen molar-refractivity contribution in [1.29, 1.82) is 0 Å². The van der Waals surface area contributed by atoms with Gasteiger partial charge in [-0.1, -0.05) is 168 Å². The molecule has 5 heterocycles. The molecule has 0 bridgehead atoms. The summed E-state index contributed by atoms with van der Waals surface area (Å²) in [5.41, 5.74) is 17.8. The second-order valence-corrected chi connectivity index (χ2v) is 28.4. The smallest absolute Gasteiger partial charge is 0.270 e. The fraction of sp³-hybridized carbons (Fsp3) is 0.222. The van der Waals surface area contributed by atoms with Gasteiger partial charge in [0, 0.05) is 80.3 Å². The van der Waals surface area contributed by atoms with Gasteiger partial charge >= 0.3 is 0 Å². The molecule has 0 spiro atoms. The Kier molecular flexibility index (Phi) is 11.0. The lowest BCUT2D eigenvalue weighted by molar-refractivity contribution is 0.494. The standard InChI is InChI=1S/C72H66BN3OS2/c1-69(2,3)43-22-21-27-49(36-43)75-58-40-50(74(47-23-15-13-16-24-47)48-25-17-14-18-26-48)41-60-64(58)73(68-66(77-60)54-39-46(72(10,11)12)32-35-62(54)79-68)65-59(75)42-57(63-51-28-19-20-29-61(51)78-67(63)65)76-55-33-30-44(70(4,5)6)37-52(55)53-38-45(71(7,8)9)31-34-56(53)76/h13-42H,1-12H3. The zero-order chi connectivity index (χ0) is 54.7. The Balaban J connectivity index is 1.16. The maximum Gasteiger partial charge on any atom is 0.270 e. The minimum absolute atomic E-state index is 0.0276. The number of ether oxygens (including phenoxy) is 1. The Bertz CT molecular complexity index is 4350. The van der Waals surface area contributed by atoms with Crippen molar-refractivity contribution in [2.24, 2.45) is 0 Å². The highest BCUT2D eigenvalue weighted by Gasteiger charge is 2.47. The van der Waals surface area contributed by atoms with Crippen molar-refractivity contribution in [3.63, 3.8) is 0 Å². The molecule has 9 aromatic carbocycles. The summed E-state index contributed by atoms with van der Waals surface area (Å²) in [4.78, 5) is 5.00. The zero-order valence-electron chi connectivity index (χ0n) is 47.5. The third-order valence-electron chi connectivity index (χ3n) is 16.8. The average Bonchev–Trinajstić information content (AvgIpc) is 3.45. The van der Waals surface area contributed by atoms with Crippen LogP contribution in [0, 0.1) is 0 Å². The summed E-state index contributed by atoms with van der Waals surface area (Å²) < 4.78 is 15.3. The Labute approximate surface area is 473 Å². The van der Waals surface area contributed by atoms with E-state index < -0.39 is 0 Å². The molecule has 0 radical (unpaired) electrons. The maximum absolute atomic E-state index is 7.66. The van der Waals surface area contributed by atoms with Crippen LogP contribution in [0.4, 0.5) is 34.1 Å². The SMILES string of the molecule is CC(C)(C)c1cccc(N2c3cc(N(c4ccccc4)c4ccccc4)cc4c3B(c3sc5ccc(C(C)(C)C)cc5c3O4)c3c2cc(-n2c4ccc(C(C)(C)C)cc4c4cc(C(C)(C)C)ccc42)c2c3sc3ccccc32)c1. The number of hydrogen-bond acceptors (Lipinski definition) is 5. The van der Waals surface area contributed by atoms with Crippen molar-refractivity contribution >= 4 is 131 Å². The molecule has 4 nitrogen and oxygen atoms in total. The Morgan fingerprint density at radius 2 is 0.949 bits per heavy atom. The molecule has 2 aliphatic heterocycles. The molecule has 0 unspecified atom stereocenters. The summed E-state index contributed by atoms with van der Waals surface area (Å²) in [6.45, 7) is 27.8. The Morgan fingerprint density at radius 3 is 1.56 bits per heavy atom. The molecule has 0 aliphatic carbocycles. The summed E-state index contributed by atoms with van der Waals surface area (Å²) in [6.07, 6.45) is 0. The number of hydrogen-bond donors (Lipinski definition) is 0. The van der Waals surface area contributed by atoms with Crippen LogP contribution < -0.4 is 30.2 Å². The monoisotopic (exact) mass is 1060 g/mol. The molecule has 7 heteroatoms. The molecule has 0 saturated carbocycles. The lowest BCUT2D eigenvalue weighted by Crippen LogP contribution is -2.58. The van der Waals surface area contributed by atoms with Crippen molar-refractivity contribution in [2.45, 2.75) is 105 Å². The fourth-order valence-electron chi connectivity index (χ4n) is 12.5. The topological polar surface area (TPSA) is 20.6 Å². The van der Waals surface area contributed by atoms with Crippen molar-refractivity contribution < 1.29 is 4.74 Å². The van der Waals surface area contributed by atoms with E-state index in [4.69, 9.17) is 4.74 Å². The van der Waals surface area contributed by atoms with Gasteiger partial charge in [-0.3, -0.25) is 0 Å². The largest absolute Gasteiger partial charge is 0.457 e. The highest BCUT2D eigenvalue weighted by Crippen LogP contribution is 2.52. The second-order valence-electron chi connectivity index (χ2n) is 26.2. The van der Waals surface area contributed by atoms with Gasteiger partial charge in [0.2, 0.25) is 0 Å². The number of aromatic nitrogens is 1. The molecule has 3 aromatic heterocycles. The van der Waals surface area contributed by atoms with Gasteiger partial charge in [-0.05, 0) is 146 Å². The number of fused-ring (bicyclic) bond motifs is 13. The second kappa shape index (κ2) is 17.5. The number of benzene rings is 9. The van der Waals surface area contributed by atoms with E-state index in [1.54, 1.807) is 0 Å². The molecular formula is C72H66BN3OS2. The van der Waals surface area contributed by atoms with E-state index in [0.717, 1.165) is 39.9 Å².